The number of halogens is 1. The minimum absolute atomic E-state index is 0.0559. The van der Waals surface area contributed by atoms with E-state index in [0.29, 0.717) is 22.8 Å². The first-order chi connectivity index (χ1) is 20.6. The molecule has 2 amide bonds. The fourth-order valence-corrected chi connectivity index (χ4v) is 6.38. The molecule has 0 saturated carbocycles. The van der Waals surface area contributed by atoms with E-state index in [1.54, 1.807) is 54.6 Å². The molecule has 9 heteroatoms. The molecule has 0 bridgehead atoms. The Bertz CT molecular complexity index is 1640. The van der Waals surface area contributed by atoms with Gasteiger partial charge in [0.05, 0.1) is 10.6 Å². The molecule has 0 heterocycles. The average molecular weight is 618 g/mol. The van der Waals surface area contributed by atoms with Crippen LogP contribution in [0.15, 0.2) is 108 Å². The highest BCUT2D eigenvalue weighted by Crippen LogP contribution is 2.26. The number of hydrogen-bond donors (Lipinski definition) is 1. The van der Waals surface area contributed by atoms with Crippen molar-refractivity contribution < 1.29 is 18.0 Å². The van der Waals surface area contributed by atoms with Gasteiger partial charge in [0.25, 0.3) is 10.0 Å². The van der Waals surface area contributed by atoms with Crippen LogP contribution in [0.3, 0.4) is 0 Å². The number of rotatable bonds is 12. The number of hydrogen-bond acceptors (Lipinski definition) is 4. The van der Waals surface area contributed by atoms with E-state index in [-0.39, 0.29) is 23.8 Å². The Morgan fingerprint density at radius 1 is 0.814 bits per heavy atom. The van der Waals surface area contributed by atoms with Crippen molar-refractivity contribution in [3.05, 3.63) is 130 Å². The monoisotopic (exact) mass is 617 g/mol. The minimum Gasteiger partial charge on any atom is -0.355 e. The van der Waals surface area contributed by atoms with Gasteiger partial charge >= 0.3 is 0 Å². The van der Waals surface area contributed by atoms with Gasteiger partial charge in [0, 0.05) is 24.5 Å². The van der Waals surface area contributed by atoms with Crippen molar-refractivity contribution >= 4 is 39.1 Å². The van der Waals surface area contributed by atoms with Gasteiger partial charge in [0.15, 0.2) is 0 Å². The molecule has 43 heavy (non-hydrogen) atoms. The number of likely N-dealkylation sites (N-methyl/N-ethyl adjacent to an activating group) is 1. The lowest BCUT2D eigenvalue weighted by molar-refractivity contribution is -0.140. The van der Waals surface area contributed by atoms with Crippen molar-refractivity contribution in [2.24, 2.45) is 0 Å². The molecule has 224 valence electrons. The number of nitrogens with one attached hydrogen (secondary N) is 1. The molecule has 0 radical (unpaired) electrons. The summed E-state index contributed by atoms with van der Waals surface area (Å²) in [5.74, 6) is -0.853. The number of sulfonamides is 1. The summed E-state index contributed by atoms with van der Waals surface area (Å²) in [5, 5.41) is 3.35. The zero-order chi connectivity index (χ0) is 31.0. The van der Waals surface area contributed by atoms with Crippen LogP contribution < -0.4 is 9.62 Å². The molecule has 7 nitrogen and oxygen atoms in total. The Morgan fingerprint density at radius 3 is 2.02 bits per heavy atom. The number of amides is 2. The van der Waals surface area contributed by atoms with Crippen molar-refractivity contribution in [3.8, 4) is 0 Å². The molecule has 4 aromatic carbocycles. The van der Waals surface area contributed by atoms with Crippen LogP contribution >= 0.6 is 11.6 Å². The molecule has 0 aromatic heterocycles. The van der Waals surface area contributed by atoms with Gasteiger partial charge in [-0.1, -0.05) is 89.5 Å². The third-order valence-corrected chi connectivity index (χ3v) is 9.10. The SMILES string of the molecule is CCNC(=O)[C@H](Cc1ccccc1)N(Cc1cccc(Cl)c1)C(=O)CN(c1ccc(C)cc1)S(=O)(=O)c1ccc(C)cc1. The van der Waals surface area contributed by atoms with Crippen molar-refractivity contribution in [2.45, 2.75) is 44.7 Å². The molecule has 1 N–H and O–H groups in total. The predicted octanol–water partition coefficient (Wildman–Crippen LogP) is 5.93. The van der Waals surface area contributed by atoms with Gasteiger partial charge in [-0.05, 0) is 68.3 Å². The van der Waals surface area contributed by atoms with Gasteiger partial charge in [-0.25, -0.2) is 8.42 Å². The molecular weight excluding hydrogens is 582 g/mol. The highest BCUT2D eigenvalue weighted by Gasteiger charge is 2.34. The first-order valence-corrected chi connectivity index (χ1v) is 15.9. The van der Waals surface area contributed by atoms with Gasteiger partial charge in [-0.2, -0.15) is 0 Å². The summed E-state index contributed by atoms with van der Waals surface area (Å²) < 4.78 is 29.2. The van der Waals surface area contributed by atoms with Gasteiger partial charge in [-0.3, -0.25) is 13.9 Å². The standard InChI is InChI=1S/C34H36ClN3O4S/c1-4-36-34(40)32(22-27-9-6-5-7-10-27)37(23-28-11-8-12-29(35)21-28)33(39)24-38(30-17-13-25(2)14-18-30)43(41,42)31-19-15-26(3)16-20-31/h5-21,32H,4,22-24H2,1-3H3,(H,36,40)/t32-/m0/s1. The predicted molar refractivity (Wildman–Crippen MR) is 172 cm³/mol. The Balaban J connectivity index is 1.79. The summed E-state index contributed by atoms with van der Waals surface area (Å²) in [6, 6.07) is 29.1. The molecule has 4 aromatic rings. The van der Waals surface area contributed by atoms with Crippen molar-refractivity contribution in [2.75, 3.05) is 17.4 Å². The Kier molecular flexibility index (Phi) is 10.6. The van der Waals surface area contributed by atoms with Crippen LogP contribution in [-0.2, 0) is 32.6 Å². The number of nitrogens with zero attached hydrogens (tertiary/aromatic N) is 2. The fourth-order valence-electron chi connectivity index (χ4n) is 4.76. The topological polar surface area (TPSA) is 86.8 Å². The molecular formula is C34H36ClN3O4S. The van der Waals surface area contributed by atoms with Gasteiger partial charge in [0.2, 0.25) is 11.8 Å². The van der Waals surface area contributed by atoms with E-state index in [2.05, 4.69) is 5.32 Å². The number of carbonyl (C=O) groups excluding carboxylic acids is 2. The third kappa shape index (κ3) is 8.24. The summed E-state index contributed by atoms with van der Waals surface area (Å²) in [5.41, 5.74) is 3.79. The van der Waals surface area contributed by atoms with Gasteiger partial charge in [-0.15, -0.1) is 0 Å². The summed E-state index contributed by atoms with van der Waals surface area (Å²) in [6.07, 6.45) is 0.244. The lowest BCUT2D eigenvalue weighted by atomic mass is 10.0. The molecule has 1 atom stereocenters. The summed E-state index contributed by atoms with van der Waals surface area (Å²) >= 11 is 6.28. The molecule has 4 rings (SSSR count). The normalized spacial score (nSPS) is 11.9. The summed E-state index contributed by atoms with van der Waals surface area (Å²) in [6.45, 7) is 5.51. The van der Waals surface area contributed by atoms with E-state index in [9.17, 15) is 18.0 Å². The highest BCUT2D eigenvalue weighted by atomic mass is 35.5. The molecule has 0 spiro atoms. The second-order valence-electron chi connectivity index (χ2n) is 10.4. The van der Waals surface area contributed by atoms with E-state index < -0.39 is 28.5 Å². The number of anilines is 1. The zero-order valence-corrected chi connectivity index (χ0v) is 26.1. The van der Waals surface area contributed by atoms with Crippen LogP contribution in [-0.4, -0.2) is 44.3 Å². The Morgan fingerprint density at radius 2 is 1.42 bits per heavy atom. The van der Waals surface area contributed by atoms with Crippen LogP contribution in [0.5, 0.6) is 0 Å². The summed E-state index contributed by atoms with van der Waals surface area (Å²) in [7, 11) is -4.14. The molecule has 0 unspecified atom stereocenters. The van der Waals surface area contributed by atoms with E-state index in [1.165, 1.54) is 17.0 Å². The molecule has 0 aliphatic carbocycles. The maximum atomic E-state index is 14.4. The quantitative estimate of drug-likeness (QED) is 0.214. The second kappa shape index (κ2) is 14.4. The second-order valence-corrected chi connectivity index (χ2v) is 12.7. The third-order valence-electron chi connectivity index (χ3n) is 7.07. The first kappa shape index (κ1) is 31.8. The van der Waals surface area contributed by atoms with E-state index >= 15 is 0 Å². The highest BCUT2D eigenvalue weighted by molar-refractivity contribution is 7.92. The molecule has 0 fully saturated rings. The van der Waals surface area contributed by atoms with Crippen LogP contribution in [0.2, 0.25) is 5.02 Å². The maximum Gasteiger partial charge on any atom is 0.264 e. The average Bonchev–Trinajstić information content (AvgIpc) is 2.99. The number of aryl methyl sites for hydroxylation is 2. The van der Waals surface area contributed by atoms with Crippen LogP contribution in [0.4, 0.5) is 5.69 Å². The lowest BCUT2D eigenvalue weighted by Gasteiger charge is -2.34. The first-order valence-electron chi connectivity index (χ1n) is 14.1. The van der Waals surface area contributed by atoms with Gasteiger partial charge < -0.3 is 10.2 Å². The number of benzene rings is 4. The van der Waals surface area contributed by atoms with Crippen molar-refractivity contribution in [1.82, 2.24) is 10.2 Å². The maximum absolute atomic E-state index is 14.4. The number of carbonyl (C=O) groups is 2. The fraction of sp³-hybridized carbons (Fsp3) is 0.235. The molecule has 0 saturated heterocycles. The smallest absolute Gasteiger partial charge is 0.264 e. The van der Waals surface area contributed by atoms with Gasteiger partial charge in [0.1, 0.15) is 12.6 Å². The van der Waals surface area contributed by atoms with E-state index in [0.717, 1.165) is 21.0 Å². The largest absolute Gasteiger partial charge is 0.355 e. The van der Waals surface area contributed by atoms with Crippen molar-refractivity contribution in [1.29, 1.82) is 0 Å². The Hall–Kier alpha value is -4.14. The lowest BCUT2D eigenvalue weighted by Crippen LogP contribution is -2.53. The minimum atomic E-state index is -4.14. The van der Waals surface area contributed by atoms with Crippen LogP contribution in [0.25, 0.3) is 0 Å². The molecule has 0 aliphatic heterocycles. The molecule has 0 aliphatic rings. The summed E-state index contributed by atoms with van der Waals surface area (Å²) in [4.78, 5) is 29.4. The van der Waals surface area contributed by atoms with Crippen molar-refractivity contribution in [3.63, 3.8) is 0 Å². The Labute approximate surface area is 259 Å². The van der Waals surface area contributed by atoms with Crippen LogP contribution in [0.1, 0.15) is 29.2 Å². The van der Waals surface area contributed by atoms with Crippen LogP contribution in [0, 0.1) is 13.8 Å². The zero-order valence-electron chi connectivity index (χ0n) is 24.5. The van der Waals surface area contributed by atoms with E-state index in [4.69, 9.17) is 11.6 Å². The van der Waals surface area contributed by atoms with E-state index in [1.807, 2.05) is 57.2 Å².